The number of carbonyl (C=O) groups is 2. The van der Waals surface area contributed by atoms with Crippen LogP contribution in [0.1, 0.15) is 45.2 Å². The molecule has 28 heavy (non-hydrogen) atoms. The van der Waals surface area contributed by atoms with Crippen LogP contribution in [0.25, 0.3) is 11.3 Å². The summed E-state index contributed by atoms with van der Waals surface area (Å²) < 4.78 is 1.90. The molecule has 1 aliphatic heterocycles. The van der Waals surface area contributed by atoms with Gasteiger partial charge in [0.15, 0.2) is 5.82 Å². The zero-order valence-corrected chi connectivity index (χ0v) is 16.4. The molecule has 4 rings (SSSR count). The third-order valence-corrected chi connectivity index (χ3v) is 5.52. The fraction of sp³-hybridized carbons (Fsp3) is 0.409. The summed E-state index contributed by atoms with van der Waals surface area (Å²) in [4.78, 5) is 23.9. The second-order valence-corrected chi connectivity index (χ2v) is 8.47. The van der Waals surface area contributed by atoms with Crippen LogP contribution in [-0.2, 0) is 9.59 Å². The highest BCUT2D eigenvalue weighted by Gasteiger charge is 2.29. The van der Waals surface area contributed by atoms with Crippen LogP contribution >= 0.6 is 0 Å². The van der Waals surface area contributed by atoms with Crippen LogP contribution in [0.2, 0.25) is 0 Å². The first kappa shape index (κ1) is 18.5. The van der Waals surface area contributed by atoms with E-state index in [9.17, 15) is 9.59 Å². The Hall–Kier alpha value is -2.89. The van der Waals surface area contributed by atoms with Gasteiger partial charge in [0.05, 0.1) is 17.3 Å². The van der Waals surface area contributed by atoms with Gasteiger partial charge in [0, 0.05) is 19.0 Å². The van der Waals surface area contributed by atoms with Gasteiger partial charge in [-0.25, -0.2) is 4.68 Å². The Morgan fingerprint density at radius 3 is 2.75 bits per heavy atom. The van der Waals surface area contributed by atoms with Gasteiger partial charge >= 0.3 is 0 Å². The zero-order chi connectivity index (χ0) is 19.7. The lowest BCUT2D eigenvalue weighted by molar-refractivity contribution is -0.123. The minimum Gasteiger partial charge on any atom is -0.355 e. The average Bonchev–Trinajstić information content (AvgIpc) is 3.28. The summed E-state index contributed by atoms with van der Waals surface area (Å²) in [7, 11) is 0. The van der Waals surface area contributed by atoms with Crippen LogP contribution in [0, 0.1) is 11.3 Å². The molecule has 2 heterocycles. The van der Waals surface area contributed by atoms with Crippen molar-refractivity contribution in [2.45, 2.75) is 39.5 Å². The summed E-state index contributed by atoms with van der Waals surface area (Å²) in [6.07, 6.45) is 5.70. The maximum absolute atomic E-state index is 12.5. The van der Waals surface area contributed by atoms with Gasteiger partial charge in [-0.2, -0.15) is 0 Å². The first-order valence-corrected chi connectivity index (χ1v) is 9.84. The van der Waals surface area contributed by atoms with Crippen molar-refractivity contribution in [1.82, 2.24) is 15.1 Å². The van der Waals surface area contributed by atoms with Crippen molar-refractivity contribution in [1.29, 1.82) is 0 Å². The SMILES string of the molecule is CC1(C)CCC=C(c2cc(NC(=O)[C@H]3CNC(=O)C3)nn2-c2ccccc2)C1. The normalized spacial score (nSPS) is 21.1. The molecule has 2 N–H and O–H groups in total. The molecule has 1 atom stereocenters. The zero-order valence-electron chi connectivity index (χ0n) is 16.4. The summed E-state index contributed by atoms with van der Waals surface area (Å²) in [5.41, 5.74) is 3.47. The minimum atomic E-state index is -0.342. The number of hydrogen-bond donors (Lipinski definition) is 2. The molecule has 2 aromatic rings. The predicted octanol–water partition coefficient (Wildman–Crippen LogP) is 3.54. The summed E-state index contributed by atoms with van der Waals surface area (Å²) in [5.74, 6) is -0.0658. The molecule has 1 saturated heterocycles. The number of carbonyl (C=O) groups excluding carboxylic acids is 2. The van der Waals surface area contributed by atoms with E-state index >= 15 is 0 Å². The fourth-order valence-corrected chi connectivity index (χ4v) is 3.96. The summed E-state index contributed by atoms with van der Waals surface area (Å²) in [6.45, 7) is 4.96. The number of hydrogen-bond acceptors (Lipinski definition) is 3. The highest BCUT2D eigenvalue weighted by molar-refractivity contribution is 5.96. The van der Waals surface area contributed by atoms with Gasteiger partial charge in [-0.3, -0.25) is 9.59 Å². The van der Waals surface area contributed by atoms with Crippen molar-refractivity contribution >= 4 is 23.2 Å². The molecule has 6 nitrogen and oxygen atoms in total. The smallest absolute Gasteiger partial charge is 0.230 e. The van der Waals surface area contributed by atoms with E-state index in [1.807, 2.05) is 41.1 Å². The topological polar surface area (TPSA) is 76.0 Å². The molecular formula is C22H26N4O2. The second kappa shape index (κ2) is 7.26. The molecule has 2 aliphatic rings. The second-order valence-electron chi connectivity index (χ2n) is 8.47. The molecule has 146 valence electrons. The van der Waals surface area contributed by atoms with Gasteiger partial charge in [-0.15, -0.1) is 5.10 Å². The Balaban J connectivity index is 1.66. The first-order chi connectivity index (χ1) is 13.4. The molecule has 2 amide bonds. The van der Waals surface area contributed by atoms with Gasteiger partial charge in [-0.1, -0.05) is 38.1 Å². The van der Waals surface area contributed by atoms with Crippen LogP contribution in [0.4, 0.5) is 5.82 Å². The Morgan fingerprint density at radius 2 is 2.07 bits per heavy atom. The van der Waals surface area contributed by atoms with Crippen LogP contribution in [0.15, 0.2) is 42.5 Å². The van der Waals surface area contributed by atoms with Crippen molar-refractivity contribution in [2.75, 3.05) is 11.9 Å². The molecule has 0 unspecified atom stereocenters. The lowest BCUT2D eigenvalue weighted by atomic mass is 9.76. The molecule has 1 aliphatic carbocycles. The number of nitrogens with zero attached hydrogens (tertiary/aromatic N) is 2. The summed E-state index contributed by atoms with van der Waals surface area (Å²) >= 11 is 0. The van der Waals surface area contributed by atoms with Gasteiger partial charge in [0.25, 0.3) is 0 Å². The number of allylic oxidation sites excluding steroid dienone is 2. The molecule has 0 bridgehead atoms. The number of benzene rings is 1. The van der Waals surface area contributed by atoms with Crippen molar-refractivity contribution < 1.29 is 9.59 Å². The van der Waals surface area contributed by atoms with Gasteiger partial charge in [0.2, 0.25) is 11.8 Å². The van der Waals surface area contributed by atoms with Gasteiger partial charge in [0.1, 0.15) is 0 Å². The third-order valence-electron chi connectivity index (χ3n) is 5.52. The average molecular weight is 378 g/mol. The van der Waals surface area contributed by atoms with E-state index < -0.39 is 0 Å². The van der Waals surface area contributed by atoms with E-state index in [2.05, 4.69) is 35.7 Å². The highest BCUT2D eigenvalue weighted by Crippen LogP contribution is 2.40. The third kappa shape index (κ3) is 3.86. The van der Waals surface area contributed by atoms with Crippen LogP contribution in [0.3, 0.4) is 0 Å². The van der Waals surface area contributed by atoms with Crippen LogP contribution in [-0.4, -0.2) is 28.1 Å². The van der Waals surface area contributed by atoms with Crippen LogP contribution < -0.4 is 10.6 Å². The Labute approximate surface area is 165 Å². The van der Waals surface area contributed by atoms with E-state index in [0.29, 0.717) is 12.4 Å². The number of amides is 2. The van der Waals surface area contributed by atoms with Crippen molar-refractivity contribution in [3.8, 4) is 5.69 Å². The fourth-order valence-electron chi connectivity index (χ4n) is 3.96. The highest BCUT2D eigenvalue weighted by atomic mass is 16.2. The Morgan fingerprint density at radius 1 is 1.29 bits per heavy atom. The van der Waals surface area contributed by atoms with E-state index in [0.717, 1.165) is 24.2 Å². The van der Waals surface area contributed by atoms with E-state index in [1.54, 1.807) is 0 Å². The molecule has 1 aromatic heterocycles. The van der Waals surface area contributed by atoms with E-state index in [-0.39, 0.29) is 29.6 Å². The standard InChI is InChI=1S/C22H26N4O2/c1-22(2)10-6-7-15(13-22)18-12-19(24-21(28)16-11-20(27)23-14-16)25-26(18)17-8-4-3-5-9-17/h3-5,7-9,12,16H,6,10-11,13-14H2,1-2H3,(H,23,27)(H,24,25,28)/t16-/m1/s1. The molecule has 0 spiro atoms. The predicted molar refractivity (Wildman–Crippen MR) is 109 cm³/mol. The first-order valence-electron chi connectivity index (χ1n) is 9.84. The quantitative estimate of drug-likeness (QED) is 0.854. The molecule has 6 heteroatoms. The lowest BCUT2D eigenvalue weighted by Gasteiger charge is -2.29. The van der Waals surface area contributed by atoms with Gasteiger partial charge < -0.3 is 10.6 Å². The molecule has 0 radical (unpaired) electrons. The Bertz CT molecular complexity index is 927. The molecule has 1 fully saturated rings. The van der Waals surface area contributed by atoms with Crippen LogP contribution in [0.5, 0.6) is 0 Å². The minimum absolute atomic E-state index is 0.0785. The molecule has 0 saturated carbocycles. The van der Waals surface area contributed by atoms with Crippen molar-refractivity contribution in [2.24, 2.45) is 11.3 Å². The Kier molecular flexibility index (Phi) is 4.79. The maximum Gasteiger partial charge on any atom is 0.230 e. The molecular weight excluding hydrogens is 352 g/mol. The number of rotatable bonds is 4. The molecule has 1 aromatic carbocycles. The number of aromatic nitrogens is 2. The number of para-hydroxylation sites is 1. The van der Waals surface area contributed by atoms with Crippen molar-refractivity contribution in [3.05, 3.63) is 48.2 Å². The summed E-state index contributed by atoms with van der Waals surface area (Å²) in [6, 6.07) is 11.9. The largest absolute Gasteiger partial charge is 0.355 e. The number of nitrogens with one attached hydrogen (secondary N) is 2. The van der Waals surface area contributed by atoms with E-state index in [4.69, 9.17) is 0 Å². The van der Waals surface area contributed by atoms with Crippen molar-refractivity contribution in [3.63, 3.8) is 0 Å². The number of anilines is 1. The lowest BCUT2D eigenvalue weighted by Crippen LogP contribution is -2.24. The monoisotopic (exact) mass is 378 g/mol. The maximum atomic E-state index is 12.5. The van der Waals surface area contributed by atoms with Gasteiger partial charge in [-0.05, 0) is 42.4 Å². The summed E-state index contributed by atoms with van der Waals surface area (Å²) in [5, 5.41) is 10.3. The van der Waals surface area contributed by atoms with E-state index in [1.165, 1.54) is 12.0 Å².